The normalized spacial score (nSPS) is 19.5. The molecule has 4 nitrogen and oxygen atoms in total. The topological polar surface area (TPSA) is 53.3 Å². The van der Waals surface area contributed by atoms with E-state index in [1.807, 2.05) is 43.9 Å². The summed E-state index contributed by atoms with van der Waals surface area (Å²) in [5.74, 6) is 0.499. The number of aryl methyl sites for hydroxylation is 1. The summed E-state index contributed by atoms with van der Waals surface area (Å²) in [7, 11) is 0. The van der Waals surface area contributed by atoms with Gasteiger partial charge in [0.05, 0.1) is 11.6 Å². The molecular formula is C26H30N2O2. The Morgan fingerprint density at radius 2 is 1.93 bits per heavy atom. The molecule has 2 aromatic carbocycles. The number of likely N-dealkylation sites (tertiary alicyclic amines) is 1. The van der Waals surface area contributed by atoms with Crippen LogP contribution in [0, 0.1) is 24.2 Å². The van der Waals surface area contributed by atoms with Crippen molar-refractivity contribution >= 4 is 12.2 Å². The second-order valence-electron chi connectivity index (χ2n) is 8.99. The van der Waals surface area contributed by atoms with Gasteiger partial charge in [-0.05, 0) is 63.3 Å². The first-order valence-corrected chi connectivity index (χ1v) is 10.5. The van der Waals surface area contributed by atoms with Gasteiger partial charge in [0.1, 0.15) is 5.60 Å². The second-order valence-corrected chi connectivity index (χ2v) is 8.99. The van der Waals surface area contributed by atoms with Crippen LogP contribution in [0.5, 0.6) is 0 Å². The van der Waals surface area contributed by atoms with E-state index in [-0.39, 0.29) is 12.0 Å². The Balaban J connectivity index is 1.84. The molecular weight excluding hydrogens is 372 g/mol. The number of nitrogens with zero attached hydrogens (tertiary/aromatic N) is 2. The van der Waals surface area contributed by atoms with Gasteiger partial charge in [-0.3, -0.25) is 0 Å². The van der Waals surface area contributed by atoms with Gasteiger partial charge in [0.15, 0.2) is 0 Å². The highest BCUT2D eigenvalue weighted by Crippen LogP contribution is 2.35. The maximum Gasteiger partial charge on any atom is 0.410 e. The van der Waals surface area contributed by atoms with Gasteiger partial charge in [0.25, 0.3) is 0 Å². The number of hydrogen-bond donors (Lipinski definition) is 0. The molecule has 1 saturated heterocycles. The Labute approximate surface area is 179 Å². The smallest absolute Gasteiger partial charge is 0.410 e. The fourth-order valence-corrected chi connectivity index (χ4v) is 3.84. The van der Waals surface area contributed by atoms with Crippen molar-refractivity contribution in [1.29, 1.82) is 5.26 Å². The Morgan fingerprint density at radius 1 is 1.20 bits per heavy atom. The van der Waals surface area contributed by atoms with Gasteiger partial charge in [-0.1, -0.05) is 54.1 Å². The molecule has 2 aromatic rings. The van der Waals surface area contributed by atoms with Crippen LogP contribution >= 0.6 is 0 Å². The highest BCUT2D eigenvalue weighted by Gasteiger charge is 2.33. The van der Waals surface area contributed by atoms with E-state index in [9.17, 15) is 4.79 Å². The number of ether oxygens (including phenoxy) is 1. The van der Waals surface area contributed by atoms with Gasteiger partial charge in [-0.2, -0.15) is 5.26 Å². The molecule has 0 spiro atoms. The van der Waals surface area contributed by atoms with E-state index in [1.54, 1.807) is 6.07 Å². The Hall–Kier alpha value is -3.06. The van der Waals surface area contributed by atoms with Crippen molar-refractivity contribution in [3.63, 3.8) is 0 Å². The highest BCUT2D eigenvalue weighted by molar-refractivity contribution is 5.68. The molecule has 30 heavy (non-hydrogen) atoms. The third-order valence-corrected chi connectivity index (χ3v) is 5.37. The largest absolute Gasteiger partial charge is 0.444 e. The minimum absolute atomic E-state index is 0.166. The molecule has 0 bridgehead atoms. The molecule has 2 atom stereocenters. The predicted octanol–water partition coefficient (Wildman–Crippen LogP) is 5.92. The van der Waals surface area contributed by atoms with E-state index in [4.69, 9.17) is 10.00 Å². The fourth-order valence-electron chi connectivity index (χ4n) is 3.84. The molecule has 0 N–H and O–H groups in total. The van der Waals surface area contributed by atoms with Crippen LogP contribution in [0.25, 0.3) is 6.08 Å². The van der Waals surface area contributed by atoms with Crippen LogP contribution in [0.3, 0.4) is 0 Å². The SMILES string of the molecule is Cc1ccc([C@@H]2CCN(C(=O)OC(C)(C)C)C[C@H]2/C=C/c2cccc(C#N)c2)cc1. The summed E-state index contributed by atoms with van der Waals surface area (Å²) in [6, 6.07) is 18.4. The molecule has 1 fully saturated rings. The van der Waals surface area contributed by atoms with Crippen LogP contribution in [0.2, 0.25) is 0 Å². The lowest BCUT2D eigenvalue weighted by Gasteiger charge is -2.38. The maximum atomic E-state index is 12.6. The molecule has 156 valence electrons. The third kappa shape index (κ3) is 5.73. The molecule has 3 rings (SSSR count). The monoisotopic (exact) mass is 402 g/mol. The number of benzene rings is 2. The van der Waals surface area contributed by atoms with Gasteiger partial charge in [0, 0.05) is 19.0 Å². The van der Waals surface area contributed by atoms with E-state index < -0.39 is 5.60 Å². The Kier molecular flexibility index (Phi) is 6.62. The number of rotatable bonds is 3. The van der Waals surface area contributed by atoms with E-state index in [1.165, 1.54) is 11.1 Å². The molecule has 1 aliphatic rings. The summed E-state index contributed by atoms with van der Waals surface area (Å²) in [6.45, 7) is 9.06. The molecule has 0 aromatic heterocycles. The number of hydrogen-bond acceptors (Lipinski definition) is 3. The van der Waals surface area contributed by atoms with Gasteiger partial charge < -0.3 is 9.64 Å². The van der Waals surface area contributed by atoms with Gasteiger partial charge in [-0.25, -0.2) is 4.79 Å². The predicted molar refractivity (Wildman–Crippen MR) is 120 cm³/mol. The number of nitriles is 1. The Morgan fingerprint density at radius 3 is 2.60 bits per heavy atom. The van der Waals surface area contributed by atoms with E-state index >= 15 is 0 Å². The summed E-state index contributed by atoms with van der Waals surface area (Å²) in [5, 5.41) is 9.15. The van der Waals surface area contributed by atoms with Crippen molar-refractivity contribution in [2.45, 2.75) is 45.6 Å². The lowest BCUT2D eigenvalue weighted by molar-refractivity contribution is 0.0170. The lowest BCUT2D eigenvalue weighted by Crippen LogP contribution is -2.44. The molecule has 0 aliphatic carbocycles. The average Bonchev–Trinajstić information content (AvgIpc) is 2.71. The molecule has 4 heteroatoms. The van der Waals surface area contributed by atoms with Crippen LogP contribution in [0.1, 0.15) is 55.4 Å². The zero-order valence-electron chi connectivity index (χ0n) is 18.3. The summed E-state index contributed by atoms with van der Waals surface area (Å²) >= 11 is 0. The van der Waals surface area contributed by atoms with Crippen LogP contribution in [0.15, 0.2) is 54.6 Å². The van der Waals surface area contributed by atoms with E-state index in [0.717, 1.165) is 12.0 Å². The number of amides is 1. The van der Waals surface area contributed by atoms with Crippen molar-refractivity contribution in [1.82, 2.24) is 4.90 Å². The first-order valence-electron chi connectivity index (χ1n) is 10.5. The number of piperidine rings is 1. The first kappa shape index (κ1) is 21.6. The standard InChI is InChI=1S/C26H30N2O2/c1-19-8-11-22(12-9-19)24-14-15-28(25(29)30-26(2,3)4)18-23(24)13-10-20-6-5-7-21(16-20)17-27/h5-13,16,23-24H,14-15,18H2,1-4H3/b13-10+/t23-,24+/m1/s1. The van der Waals surface area contributed by atoms with Crippen molar-refractivity contribution in [3.05, 3.63) is 76.9 Å². The lowest BCUT2D eigenvalue weighted by atomic mass is 9.80. The second kappa shape index (κ2) is 9.17. The zero-order valence-corrected chi connectivity index (χ0v) is 18.3. The average molecular weight is 403 g/mol. The number of carbonyl (C=O) groups is 1. The van der Waals surface area contributed by atoms with Gasteiger partial charge >= 0.3 is 6.09 Å². The first-order chi connectivity index (χ1) is 14.2. The van der Waals surface area contributed by atoms with Crippen LogP contribution in [-0.2, 0) is 4.74 Å². The maximum absolute atomic E-state index is 12.6. The fraction of sp³-hybridized carbons (Fsp3) is 0.385. The minimum atomic E-state index is -0.506. The Bertz CT molecular complexity index is 948. The van der Waals surface area contributed by atoms with Crippen LogP contribution < -0.4 is 0 Å². The summed E-state index contributed by atoms with van der Waals surface area (Å²) in [5.41, 5.74) is 3.67. The quantitative estimate of drug-likeness (QED) is 0.640. The zero-order chi connectivity index (χ0) is 21.7. The number of carbonyl (C=O) groups excluding carboxylic acids is 1. The van der Waals surface area contributed by atoms with Gasteiger partial charge in [-0.15, -0.1) is 0 Å². The van der Waals surface area contributed by atoms with Crippen molar-refractivity contribution in [2.75, 3.05) is 13.1 Å². The minimum Gasteiger partial charge on any atom is -0.444 e. The summed E-state index contributed by atoms with van der Waals surface area (Å²) in [6.07, 6.45) is 4.87. The molecule has 1 amide bonds. The molecule has 1 heterocycles. The van der Waals surface area contributed by atoms with Gasteiger partial charge in [0.2, 0.25) is 0 Å². The van der Waals surface area contributed by atoms with Crippen molar-refractivity contribution < 1.29 is 9.53 Å². The van der Waals surface area contributed by atoms with E-state index in [2.05, 4.69) is 49.4 Å². The summed E-state index contributed by atoms with van der Waals surface area (Å²) in [4.78, 5) is 14.5. The van der Waals surface area contributed by atoms with E-state index in [0.29, 0.717) is 24.6 Å². The van der Waals surface area contributed by atoms with Crippen LogP contribution in [0.4, 0.5) is 4.79 Å². The van der Waals surface area contributed by atoms with Crippen LogP contribution in [-0.4, -0.2) is 29.7 Å². The van der Waals surface area contributed by atoms with Crippen molar-refractivity contribution in [3.8, 4) is 6.07 Å². The van der Waals surface area contributed by atoms with Crippen molar-refractivity contribution in [2.24, 2.45) is 5.92 Å². The molecule has 1 aliphatic heterocycles. The third-order valence-electron chi connectivity index (χ3n) is 5.37. The summed E-state index contributed by atoms with van der Waals surface area (Å²) < 4.78 is 5.60. The highest BCUT2D eigenvalue weighted by atomic mass is 16.6. The molecule has 0 saturated carbocycles. The molecule has 0 radical (unpaired) electrons. The molecule has 0 unspecified atom stereocenters.